The molecule has 1 aliphatic carbocycles. The Morgan fingerprint density at radius 3 is 2.59 bits per heavy atom. The summed E-state index contributed by atoms with van der Waals surface area (Å²) < 4.78 is 11.7. The van der Waals surface area contributed by atoms with E-state index >= 15 is 0 Å². The normalized spacial score (nSPS) is 15.8. The molecule has 1 saturated carbocycles. The Morgan fingerprint density at radius 2 is 1.91 bits per heavy atom. The fourth-order valence-corrected chi connectivity index (χ4v) is 4.31. The molecule has 2 atom stereocenters. The zero-order valence-corrected chi connectivity index (χ0v) is 19.5. The van der Waals surface area contributed by atoms with Gasteiger partial charge in [0.25, 0.3) is 5.91 Å². The van der Waals surface area contributed by atoms with Gasteiger partial charge in [-0.3, -0.25) is 14.6 Å². The molecule has 0 bridgehead atoms. The van der Waals surface area contributed by atoms with E-state index in [1.165, 1.54) is 6.42 Å². The second kappa shape index (κ2) is 11.0. The standard InChI is InChI=1S/C26H30N4O4/c1-17(19-9-6-14-28-15-19)33-20-10-11-21(29-16-20)22-12-13-23(34-22)25(31)30-24(26(32)27-2)18-7-4-3-5-8-18/h6,9-18,24H,3-5,7-8H2,1-2H3,(H,27,32)(H,30,31). The quantitative estimate of drug-likeness (QED) is 0.517. The van der Waals surface area contributed by atoms with E-state index in [4.69, 9.17) is 9.15 Å². The van der Waals surface area contributed by atoms with Crippen molar-refractivity contribution in [1.29, 1.82) is 0 Å². The molecule has 1 aliphatic rings. The summed E-state index contributed by atoms with van der Waals surface area (Å²) in [5.41, 5.74) is 1.55. The molecule has 3 aromatic heterocycles. The van der Waals surface area contributed by atoms with Crippen LogP contribution in [0, 0.1) is 5.92 Å². The first-order valence-corrected chi connectivity index (χ1v) is 11.7. The van der Waals surface area contributed by atoms with Crippen molar-refractivity contribution in [1.82, 2.24) is 20.6 Å². The van der Waals surface area contributed by atoms with Crippen molar-refractivity contribution in [3.05, 3.63) is 66.3 Å². The molecule has 8 nitrogen and oxygen atoms in total. The Labute approximate surface area is 199 Å². The molecule has 2 N–H and O–H groups in total. The molecule has 3 aromatic rings. The molecule has 0 aromatic carbocycles. The first kappa shape index (κ1) is 23.5. The lowest BCUT2D eigenvalue weighted by Gasteiger charge is -2.29. The first-order valence-electron chi connectivity index (χ1n) is 11.7. The number of carbonyl (C=O) groups is 2. The Morgan fingerprint density at radius 1 is 1.09 bits per heavy atom. The number of nitrogens with zero attached hydrogens (tertiary/aromatic N) is 2. The van der Waals surface area contributed by atoms with Crippen molar-refractivity contribution >= 4 is 11.8 Å². The molecule has 4 rings (SSSR count). The smallest absolute Gasteiger partial charge is 0.287 e. The third kappa shape index (κ3) is 5.62. The van der Waals surface area contributed by atoms with Gasteiger partial charge in [-0.1, -0.05) is 25.3 Å². The van der Waals surface area contributed by atoms with Gasteiger partial charge in [0.05, 0.1) is 6.20 Å². The highest BCUT2D eigenvalue weighted by molar-refractivity contribution is 5.96. The van der Waals surface area contributed by atoms with E-state index in [0.29, 0.717) is 17.2 Å². The number of carbonyl (C=O) groups excluding carboxylic acids is 2. The van der Waals surface area contributed by atoms with E-state index in [1.807, 2.05) is 25.1 Å². The molecule has 2 amide bonds. The van der Waals surface area contributed by atoms with Crippen LogP contribution >= 0.6 is 0 Å². The summed E-state index contributed by atoms with van der Waals surface area (Å²) in [5, 5.41) is 5.54. The third-order valence-electron chi connectivity index (χ3n) is 6.22. The Kier molecular flexibility index (Phi) is 7.57. The highest BCUT2D eigenvalue weighted by atomic mass is 16.5. The average Bonchev–Trinajstić information content (AvgIpc) is 3.39. The van der Waals surface area contributed by atoms with Crippen LogP contribution in [0.1, 0.15) is 61.3 Å². The Hall–Kier alpha value is -3.68. The summed E-state index contributed by atoms with van der Waals surface area (Å²) >= 11 is 0. The maximum atomic E-state index is 12.8. The molecule has 0 radical (unpaired) electrons. The van der Waals surface area contributed by atoms with Gasteiger partial charge in [-0.15, -0.1) is 0 Å². The van der Waals surface area contributed by atoms with E-state index in [-0.39, 0.29) is 23.7 Å². The fourth-order valence-electron chi connectivity index (χ4n) is 4.31. The van der Waals surface area contributed by atoms with E-state index in [2.05, 4.69) is 20.6 Å². The molecule has 8 heteroatoms. The molecule has 0 saturated heterocycles. The predicted molar refractivity (Wildman–Crippen MR) is 127 cm³/mol. The van der Waals surface area contributed by atoms with E-state index in [1.54, 1.807) is 43.8 Å². The number of ether oxygens (including phenoxy) is 1. The molecule has 2 unspecified atom stereocenters. The van der Waals surface area contributed by atoms with Gasteiger partial charge in [0, 0.05) is 25.0 Å². The number of pyridine rings is 2. The zero-order valence-electron chi connectivity index (χ0n) is 19.5. The molecule has 3 heterocycles. The largest absolute Gasteiger partial charge is 0.484 e. The third-order valence-corrected chi connectivity index (χ3v) is 6.22. The van der Waals surface area contributed by atoms with Crippen LogP contribution in [0.15, 0.2) is 59.4 Å². The lowest BCUT2D eigenvalue weighted by atomic mass is 9.83. The number of aromatic nitrogens is 2. The summed E-state index contributed by atoms with van der Waals surface area (Å²) in [6, 6.07) is 10.1. The van der Waals surface area contributed by atoms with Crippen LogP contribution in [0.25, 0.3) is 11.5 Å². The van der Waals surface area contributed by atoms with Gasteiger partial charge < -0.3 is 19.8 Å². The number of furan rings is 1. The van der Waals surface area contributed by atoms with Gasteiger partial charge in [0.1, 0.15) is 23.6 Å². The minimum absolute atomic E-state index is 0.135. The van der Waals surface area contributed by atoms with Crippen LogP contribution in [0.5, 0.6) is 5.75 Å². The van der Waals surface area contributed by atoms with Gasteiger partial charge in [0.15, 0.2) is 11.5 Å². The first-order chi connectivity index (χ1) is 16.5. The second-order valence-corrected chi connectivity index (χ2v) is 8.55. The number of hydrogen-bond acceptors (Lipinski definition) is 6. The number of rotatable bonds is 8. The van der Waals surface area contributed by atoms with Gasteiger partial charge in [-0.2, -0.15) is 0 Å². The van der Waals surface area contributed by atoms with Gasteiger partial charge >= 0.3 is 0 Å². The summed E-state index contributed by atoms with van der Waals surface area (Å²) in [4.78, 5) is 33.8. The highest BCUT2D eigenvalue weighted by Crippen LogP contribution is 2.28. The van der Waals surface area contributed by atoms with Crippen LogP contribution in [0.3, 0.4) is 0 Å². The summed E-state index contributed by atoms with van der Waals surface area (Å²) in [6.45, 7) is 1.95. The number of likely N-dealkylation sites (N-methyl/N-ethyl adjacent to an activating group) is 1. The van der Waals surface area contributed by atoms with Crippen molar-refractivity contribution in [2.24, 2.45) is 5.92 Å². The maximum absolute atomic E-state index is 12.8. The van der Waals surface area contributed by atoms with Gasteiger partial charge in [-0.25, -0.2) is 4.98 Å². The number of hydrogen-bond donors (Lipinski definition) is 2. The lowest BCUT2D eigenvalue weighted by molar-refractivity contribution is -0.124. The van der Waals surface area contributed by atoms with Crippen LogP contribution in [0.4, 0.5) is 0 Å². The molecule has 0 aliphatic heterocycles. The minimum atomic E-state index is -0.567. The van der Waals surface area contributed by atoms with Crippen molar-refractivity contribution in [3.8, 4) is 17.2 Å². The fraction of sp³-hybridized carbons (Fsp3) is 0.385. The Bertz CT molecular complexity index is 1090. The highest BCUT2D eigenvalue weighted by Gasteiger charge is 2.31. The topological polar surface area (TPSA) is 106 Å². The van der Waals surface area contributed by atoms with Gasteiger partial charge in [-0.05, 0) is 56.0 Å². The Balaban J connectivity index is 1.41. The van der Waals surface area contributed by atoms with Crippen molar-refractivity contribution in [3.63, 3.8) is 0 Å². The minimum Gasteiger partial charge on any atom is -0.484 e. The van der Waals surface area contributed by atoms with Crippen molar-refractivity contribution in [2.45, 2.75) is 51.2 Å². The summed E-state index contributed by atoms with van der Waals surface area (Å²) in [5.74, 6) is 0.777. The van der Waals surface area contributed by atoms with E-state index < -0.39 is 11.9 Å². The maximum Gasteiger partial charge on any atom is 0.287 e. The van der Waals surface area contributed by atoms with Crippen LogP contribution in [-0.2, 0) is 4.79 Å². The van der Waals surface area contributed by atoms with Crippen molar-refractivity contribution in [2.75, 3.05) is 7.05 Å². The van der Waals surface area contributed by atoms with Crippen molar-refractivity contribution < 1.29 is 18.7 Å². The lowest BCUT2D eigenvalue weighted by Crippen LogP contribution is -2.50. The summed E-state index contributed by atoms with van der Waals surface area (Å²) in [7, 11) is 1.59. The second-order valence-electron chi connectivity index (χ2n) is 8.55. The molecule has 34 heavy (non-hydrogen) atoms. The van der Waals surface area contributed by atoms with Crippen LogP contribution in [-0.4, -0.2) is 34.9 Å². The number of nitrogens with one attached hydrogen (secondary N) is 2. The van der Waals surface area contributed by atoms with E-state index in [0.717, 1.165) is 31.2 Å². The molecule has 1 fully saturated rings. The monoisotopic (exact) mass is 462 g/mol. The van der Waals surface area contributed by atoms with E-state index in [9.17, 15) is 9.59 Å². The van der Waals surface area contributed by atoms with Crippen LogP contribution < -0.4 is 15.4 Å². The molecular weight excluding hydrogens is 432 g/mol. The number of amides is 2. The zero-order chi connectivity index (χ0) is 23.9. The predicted octanol–water partition coefficient (Wildman–Crippen LogP) is 4.30. The molecule has 0 spiro atoms. The van der Waals surface area contributed by atoms with Crippen LogP contribution in [0.2, 0.25) is 0 Å². The van der Waals surface area contributed by atoms with Gasteiger partial charge in [0.2, 0.25) is 5.91 Å². The molecule has 178 valence electrons. The SMILES string of the molecule is CNC(=O)C(NC(=O)c1ccc(-c2ccc(OC(C)c3cccnc3)cn2)o1)C1CCCCC1. The molecular formula is C26H30N4O4. The average molecular weight is 463 g/mol. The summed E-state index contributed by atoms with van der Waals surface area (Å²) in [6.07, 6.45) is 10.1.